The van der Waals surface area contributed by atoms with E-state index in [1.165, 1.54) is 0 Å². The standard InChI is InChI=1S/C18H21N3O2/c22-17(14-5-2-1-3-6-14)8-9-18(23)21-12-4-7-15(13-21)16-10-11-19-20-16/h1-3,5-6,10-11,15H,4,7-9,12-13H2,(H,19,20)/t15-/m1/s1. The Morgan fingerprint density at radius 3 is 2.74 bits per heavy atom. The van der Waals surface area contributed by atoms with Crippen molar-refractivity contribution in [3.8, 4) is 0 Å². The molecular formula is C18H21N3O2. The number of hydrogen-bond donors (Lipinski definition) is 1. The van der Waals surface area contributed by atoms with Gasteiger partial charge in [0.15, 0.2) is 5.78 Å². The number of rotatable bonds is 5. The quantitative estimate of drug-likeness (QED) is 0.863. The van der Waals surface area contributed by atoms with E-state index in [0.29, 0.717) is 18.0 Å². The number of piperidine rings is 1. The summed E-state index contributed by atoms with van der Waals surface area (Å²) in [4.78, 5) is 26.4. The number of benzene rings is 1. The zero-order valence-corrected chi connectivity index (χ0v) is 13.1. The number of hydrogen-bond acceptors (Lipinski definition) is 3. The molecule has 0 radical (unpaired) electrons. The highest BCUT2D eigenvalue weighted by Gasteiger charge is 2.25. The van der Waals surface area contributed by atoms with E-state index in [2.05, 4.69) is 10.2 Å². The van der Waals surface area contributed by atoms with Crippen LogP contribution in [-0.4, -0.2) is 39.9 Å². The lowest BCUT2D eigenvalue weighted by Gasteiger charge is -2.32. The van der Waals surface area contributed by atoms with E-state index < -0.39 is 0 Å². The summed E-state index contributed by atoms with van der Waals surface area (Å²) in [5, 5.41) is 6.98. The number of nitrogens with one attached hydrogen (secondary N) is 1. The van der Waals surface area contributed by atoms with Gasteiger partial charge in [0.05, 0.1) is 0 Å². The van der Waals surface area contributed by atoms with E-state index in [9.17, 15) is 9.59 Å². The molecule has 2 aromatic rings. The van der Waals surface area contributed by atoms with E-state index in [4.69, 9.17) is 0 Å². The van der Waals surface area contributed by atoms with Crippen LogP contribution in [0.15, 0.2) is 42.6 Å². The Kier molecular flexibility index (Phi) is 4.86. The van der Waals surface area contributed by atoms with E-state index in [-0.39, 0.29) is 24.5 Å². The molecule has 0 spiro atoms. The molecule has 5 heteroatoms. The Morgan fingerprint density at radius 2 is 2.00 bits per heavy atom. The zero-order chi connectivity index (χ0) is 16.1. The maximum atomic E-state index is 12.4. The second-order valence-electron chi connectivity index (χ2n) is 5.98. The monoisotopic (exact) mass is 311 g/mol. The first kappa shape index (κ1) is 15.5. The second kappa shape index (κ2) is 7.22. The predicted molar refractivity (Wildman–Crippen MR) is 87.1 cm³/mol. The van der Waals surface area contributed by atoms with Crippen molar-refractivity contribution >= 4 is 11.7 Å². The third-order valence-corrected chi connectivity index (χ3v) is 4.40. The third-order valence-electron chi connectivity index (χ3n) is 4.40. The van der Waals surface area contributed by atoms with Crippen molar-refractivity contribution in [3.63, 3.8) is 0 Å². The Labute approximate surface area is 135 Å². The predicted octanol–water partition coefficient (Wildman–Crippen LogP) is 2.78. The number of H-pyrrole nitrogens is 1. The van der Waals surface area contributed by atoms with Gasteiger partial charge in [-0.05, 0) is 18.9 Å². The molecule has 0 aliphatic carbocycles. The van der Waals surface area contributed by atoms with Crippen molar-refractivity contribution in [1.82, 2.24) is 15.1 Å². The van der Waals surface area contributed by atoms with Gasteiger partial charge in [-0.15, -0.1) is 0 Å². The third kappa shape index (κ3) is 3.86. The average Bonchev–Trinajstić information content (AvgIpc) is 3.15. The Morgan fingerprint density at radius 1 is 1.17 bits per heavy atom. The molecule has 120 valence electrons. The van der Waals surface area contributed by atoms with E-state index in [1.54, 1.807) is 18.3 Å². The number of amides is 1. The highest BCUT2D eigenvalue weighted by molar-refractivity contribution is 5.97. The molecule has 1 aliphatic heterocycles. The molecular weight excluding hydrogens is 290 g/mol. The van der Waals surface area contributed by atoms with E-state index in [1.807, 2.05) is 29.2 Å². The number of aromatic amines is 1. The van der Waals surface area contributed by atoms with Crippen LogP contribution in [0.2, 0.25) is 0 Å². The SMILES string of the molecule is O=C(CCC(=O)N1CCC[C@@H](c2ccn[nH]2)C1)c1ccccc1. The normalized spacial score (nSPS) is 17.9. The van der Waals surface area contributed by atoms with Gasteiger partial charge in [0.25, 0.3) is 0 Å². The van der Waals surface area contributed by atoms with Crippen LogP contribution >= 0.6 is 0 Å². The van der Waals surface area contributed by atoms with Gasteiger partial charge in [0.2, 0.25) is 5.91 Å². The number of carbonyl (C=O) groups excluding carboxylic acids is 2. The number of aromatic nitrogens is 2. The summed E-state index contributed by atoms with van der Waals surface area (Å²) in [5.41, 5.74) is 1.76. The molecule has 1 aromatic heterocycles. The molecule has 1 amide bonds. The Balaban J connectivity index is 1.53. The van der Waals surface area contributed by atoms with Gasteiger partial charge in [-0.25, -0.2) is 0 Å². The summed E-state index contributed by atoms with van der Waals surface area (Å²) < 4.78 is 0. The zero-order valence-electron chi connectivity index (χ0n) is 13.1. The highest BCUT2D eigenvalue weighted by atomic mass is 16.2. The molecule has 2 heterocycles. The molecule has 23 heavy (non-hydrogen) atoms. The van der Waals surface area contributed by atoms with E-state index in [0.717, 1.165) is 25.1 Å². The molecule has 5 nitrogen and oxygen atoms in total. The molecule has 0 bridgehead atoms. The summed E-state index contributed by atoms with van der Waals surface area (Å²) >= 11 is 0. The first-order valence-electron chi connectivity index (χ1n) is 8.09. The summed E-state index contributed by atoms with van der Waals surface area (Å²) in [6, 6.07) is 11.1. The molecule has 1 atom stereocenters. The van der Waals surface area contributed by atoms with Crippen LogP contribution in [0.3, 0.4) is 0 Å². The lowest BCUT2D eigenvalue weighted by molar-refractivity contribution is -0.132. The first-order valence-corrected chi connectivity index (χ1v) is 8.09. The number of nitrogens with zero attached hydrogens (tertiary/aromatic N) is 2. The highest BCUT2D eigenvalue weighted by Crippen LogP contribution is 2.25. The lowest BCUT2D eigenvalue weighted by Crippen LogP contribution is -2.39. The van der Waals surface area contributed by atoms with E-state index >= 15 is 0 Å². The molecule has 1 N–H and O–H groups in total. The van der Waals surface area contributed by atoms with Crippen LogP contribution in [0.4, 0.5) is 0 Å². The Bertz CT molecular complexity index is 652. The van der Waals surface area contributed by atoms with Gasteiger partial charge >= 0.3 is 0 Å². The molecule has 0 saturated carbocycles. The van der Waals surface area contributed by atoms with Crippen LogP contribution in [0.1, 0.15) is 47.7 Å². The number of carbonyl (C=O) groups is 2. The second-order valence-corrected chi connectivity index (χ2v) is 5.98. The lowest BCUT2D eigenvalue weighted by atomic mass is 9.94. The minimum atomic E-state index is 0.0288. The van der Waals surface area contributed by atoms with Crippen molar-refractivity contribution in [3.05, 3.63) is 53.9 Å². The van der Waals surface area contributed by atoms with Crippen molar-refractivity contribution in [2.75, 3.05) is 13.1 Å². The summed E-state index contributed by atoms with van der Waals surface area (Å²) in [7, 11) is 0. The van der Waals surface area contributed by atoms with Crippen molar-refractivity contribution < 1.29 is 9.59 Å². The maximum absolute atomic E-state index is 12.4. The summed E-state index contributed by atoms with van der Waals surface area (Å²) in [6.45, 7) is 1.49. The van der Waals surface area contributed by atoms with Gasteiger partial charge < -0.3 is 4.90 Å². The van der Waals surface area contributed by atoms with Crippen molar-refractivity contribution in [2.45, 2.75) is 31.6 Å². The van der Waals surface area contributed by atoms with Gasteiger partial charge in [0.1, 0.15) is 0 Å². The molecule has 3 rings (SSSR count). The fourth-order valence-electron chi connectivity index (χ4n) is 3.10. The first-order chi connectivity index (χ1) is 11.2. The van der Waals surface area contributed by atoms with Gasteiger partial charge in [-0.1, -0.05) is 30.3 Å². The minimum Gasteiger partial charge on any atom is -0.342 e. The van der Waals surface area contributed by atoms with Gasteiger partial charge in [-0.2, -0.15) is 5.10 Å². The number of ketones is 1. The van der Waals surface area contributed by atoms with Crippen LogP contribution in [0.25, 0.3) is 0 Å². The van der Waals surface area contributed by atoms with Crippen LogP contribution in [-0.2, 0) is 4.79 Å². The smallest absolute Gasteiger partial charge is 0.223 e. The van der Waals surface area contributed by atoms with Crippen molar-refractivity contribution in [2.24, 2.45) is 0 Å². The van der Waals surface area contributed by atoms with Crippen LogP contribution in [0, 0.1) is 0 Å². The topological polar surface area (TPSA) is 66.1 Å². The van der Waals surface area contributed by atoms with Crippen LogP contribution in [0.5, 0.6) is 0 Å². The number of likely N-dealkylation sites (tertiary alicyclic amines) is 1. The van der Waals surface area contributed by atoms with Gasteiger partial charge in [0, 0.05) is 49.3 Å². The molecule has 1 saturated heterocycles. The van der Waals surface area contributed by atoms with Gasteiger partial charge in [-0.3, -0.25) is 14.7 Å². The Hall–Kier alpha value is -2.43. The fourth-order valence-corrected chi connectivity index (χ4v) is 3.10. The molecule has 1 aromatic carbocycles. The average molecular weight is 311 g/mol. The minimum absolute atomic E-state index is 0.0288. The maximum Gasteiger partial charge on any atom is 0.223 e. The largest absolute Gasteiger partial charge is 0.342 e. The summed E-state index contributed by atoms with van der Waals surface area (Å²) in [6.07, 6.45) is 4.35. The molecule has 1 fully saturated rings. The fraction of sp³-hybridized carbons (Fsp3) is 0.389. The summed E-state index contributed by atoms with van der Waals surface area (Å²) in [5.74, 6) is 0.416. The molecule has 1 aliphatic rings. The number of Topliss-reactive ketones (excluding diaryl/α,β-unsaturated/α-hetero) is 1. The molecule has 0 unspecified atom stereocenters. The van der Waals surface area contributed by atoms with Crippen molar-refractivity contribution in [1.29, 1.82) is 0 Å². The van der Waals surface area contributed by atoms with Crippen LogP contribution < -0.4 is 0 Å².